The van der Waals surface area contributed by atoms with E-state index in [4.69, 9.17) is 11.6 Å². The molecule has 21 heavy (non-hydrogen) atoms. The average Bonchev–Trinajstić information content (AvgIpc) is 2.41. The summed E-state index contributed by atoms with van der Waals surface area (Å²) >= 11 is 5.85. The Labute approximate surface area is 128 Å². The van der Waals surface area contributed by atoms with Crippen molar-refractivity contribution in [2.24, 2.45) is 5.10 Å². The van der Waals surface area contributed by atoms with E-state index in [2.05, 4.69) is 18.9 Å². The molecule has 7 heteroatoms. The van der Waals surface area contributed by atoms with Gasteiger partial charge in [-0.05, 0) is 39.2 Å². The van der Waals surface area contributed by atoms with Gasteiger partial charge in [0.15, 0.2) is 0 Å². The van der Waals surface area contributed by atoms with Gasteiger partial charge in [-0.1, -0.05) is 11.6 Å². The Bertz CT molecular complexity index is 567. The minimum atomic E-state index is -0.662. The van der Waals surface area contributed by atoms with E-state index in [1.54, 1.807) is 0 Å². The van der Waals surface area contributed by atoms with Crippen LogP contribution in [0.5, 0.6) is 5.75 Å². The number of nitrogens with zero attached hydrogens (tertiary/aromatic N) is 3. The average molecular weight is 312 g/mol. The lowest BCUT2D eigenvalue weighted by molar-refractivity contribution is -0.385. The highest BCUT2D eigenvalue weighted by Crippen LogP contribution is 2.32. The van der Waals surface area contributed by atoms with E-state index < -0.39 is 16.4 Å². The van der Waals surface area contributed by atoms with E-state index in [-0.39, 0.29) is 10.6 Å². The summed E-state index contributed by atoms with van der Waals surface area (Å²) in [4.78, 5) is 10.2. The van der Waals surface area contributed by atoms with E-state index in [0.717, 1.165) is 18.9 Å². The number of benzene rings is 1. The predicted octanol–water partition coefficient (Wildman–Crippen LogP) is 3.55. The van der Waals surface area contributed by atoms with Crippen molar-refractivity contribution in [1.82, 2.24) is 5.01 Å². The van der Waals surface area contributed by atoms with Crippen LogP contribution in [0, 0.1) is 10.1 Å². The van der Waals surface area contributed by atoms with Gasteiger partial charge >= 0.3 is 5.69 Å². The smallest absolute Gasteiger partial charge is 0.312 e. The summed E-state index contributed by atoms with van der Waals surface area (Å²) in [6.45, 7) is 4.18. The first kappa shape index (κ1) is 15.6. The quantitative estimate of drug-likeness (QED) is 0.526. The van der Waals surface area contributed by atoms with Crippen LogP contribution in [0.3, 0.4) is 0 Å². The van der Waals surface area contributed by atoms with Gasteiger partial charge in [-0.25, -0.2) is 0 Å². The minimum absolute atomic E-state index is 0.195. The number of hydrogen-bond acceptors (Lipinski definition) is 5. The highest BCUT2D eigenvalue weighted by atomic mass is 35.5. The van der Waals surface area contributed by atoms with Crippen LogP contribution in [0.1, 0.15) is 38.7 Å². The molecular weight excluding hydrogens is 294 g/mol. The molecule has 1 saturated heterocycles. The maximum atomic E-state index is 10.9. The maximum absolute atomic E-state index is 10.9. The molecule has 0 spiro atoms. The Kier molecular flexibility index (Phi) is 4.67. The largest absolute Gasteiger partial charge is 0.502 e. The van der Waals surface area contributed by atoms with Gasteiger partial charge in [0.2, 0.25) is 5.75 Å². The van der Waals surface area contributed by atoms with Crippen LogP contribution in [0.15, 0.2) is 17.2 Å². The van der Waals surface area contributed by atoms with Crippen LogP contribution in [0.2, 0.25) is 5.02 Å². The summed E-state index contributed by atoms with van der Waals surface area (Å²) in [5.41, 5.74) is -0.164. The zero-order valence-corrected chi connectivity index (χ0v) is 12.7. The lowest BCUT2D eigenvalue weighted by Gasteiger charge is -2.36. The van der Waals surface area contributed by atoms with Gasteiger partial charge < -0.3 is 5.11 Å². The van der Waals surface area contributed by atoms with Gasteiger partial charge in [-0.2, -0.15) is 5.10 Å². The van der Waals surface area contributed by atoms with Crippen LogP contribution in [-0.4, -0.2) is 33.3 Å². The molecule has 0 amide bonds. The number of rotatable bonds is 3. The van der Waals surface area contributed by atoms with Crippen LogP contribution >= 0.6 is 11.6 Å². The summed E-state index contributed by atoms with van der Waals surface area (Å²) in [6, 6.07) is 3.20. The maximum Gasteiger partial charge on any atom is 0.312 e. The molecule has 1 fully saturated rings. The Balaban J connectivity index is 2.30. The number of phenols is 1. The van der Waals surface area contributed by atoms with Gasteiger partial charge in [0, 0.05) is 28.7 Å². The molecule has 0 saturated carbocycles. The fourth-order valence-corrected chi connectivity index (χ4v) is 2.83. The van der Waals surface area contributed by atoms with Crippen molar-refractivity contribution in [3.05, 3.63) is 32.8 Å². The molecule has 114 valence electrons. The lowest BCUT2D eigenvalue weighted by Crippen LogP contribution is -2.39. The summed E-state index contributed by atoms with van der Waals surface area (Å²) in [7, 11) is 0. The molecule has 2 atom stereocenters. The van der Waals surface area contributed by atoms with Crippen molar-refractivity contribution in [3.8, 4) is 5.75 Å². The second-order valence-electron chi connectivity index (χ2n) is 5.37. The summed E-state index contributed by atoms with van der Waals surface area (Å²) in [5, 5.41) is 27.4. The first-order valence-corrected chi connectivity index (χ1v) is 7.27. The highest BCUT2D eigenvalue weighted by Gasteiger charge is 2.23. The lowest BCUT2D eigenvalue weighted by atomic mass is 10.00. The monoisotopic (exact) mass is 311 g/mol. The number of hydrogen-bond donors (Lipinski definition) is 1. The molecule has 0 bridgehead atoms. The normalized spacial score (nSPS) is 22.7. The first-order valence-electron chi connectivity index (χ1n) is 6.89. The second-order valence-corrected chi connectivity index (χ2v) is 5.81. The molecule has 0 unspecified atom stereocenters. The SMILES string of the molecule is C[C@H]1CCC[C@H](C)N1/N=C/c1cc(Cl)cc([N+](=O)[O-])c1O. The second kappa shape index (κ2) is 6.30. The molecule has 1 N–H and O–H groups in total. The summed E-state index contributed by atoms with van der Waals surface area (Å²) < 4.78 is 0. The van der Waals surface area contributed by atoms with Gasteiger partial charge in [-0.15, -0.1) is 0 Å². The van der Waals surface area contributed by atoms with Crippen LogP contribution < -0.4 is 0 Å². The van der Waals surface area contributed by atoms with Crippen LogP contribution in [0.4, 0.5) is 5.69 Å². The Morgan fingerprint density at radius 1 is 1.43 bits per heavy atom. The molecule has 2 rings (SSSR count). The number of aromatic hydroxyl groups is 1. The van der Waals surface area contributed by atoms with Crippen molar-refractivity contribution in [1.29, 1.82) is 0 Å². The van der Waals surface area contributed by atoms with Gasteiger partial charge in [0.25, 0.3) is 0 Å². The number of hydrazone groups is 1. The third-order valence-electron chi connectivity index (χ3n) is 3.76. The van der Waals surface area contributed by atoms with Crippen molar-refractivity contribution < 1.29 is 10.0 Å². The summed E-state index contributed by atoms with van der Waals surface area (Å²) in [6.07, 6.45) is 4.72. The highest BCUT2D eigenvalue weighted by molar-refractivity contribution is 6.31. The Morgan fingerprint density at radius 3 is 2.62 bits per heavy atom. The third kappa shape index (κ3) is 3.44. The van der Waals surface area contributed by atoms with Gasteiger partial charge in [-0.3, -0.25) is 15.1 Å². The van der Waals surface area contributed by atoms with Crippen molar-refractivity contribution in [3.63, 3.8) is 0 Å². The van der Waals surface area contributed by atoms with E-state index in [1.807, 2.05) is 5.01 Å². The molecule has 1 aliphatic rings. The molecule has 0 radical (unpaired) electrons. The Morgan fingerprint density at radius 2 is 2.05 bits per heavy atom. The molecule has 0 aliphatic carbocycles. The third-order valence-corrected chi connectivity index (χ3v) is 3.98. The predicted molar refractivity (Wildman–Crippen MR) is 82.0 cm³/mol. The minimum Gasteiger partial charge on any atom is -0.502 e. The van der Waals surface area contributed by atoms with E-state index >= 15 is 0 Å². The number of nitro groups is 1. The van der Waals surface area contributed by atoms with E-state index in [0.29, 0.717) is 12.1 Å². The van der Waals surface area contributed by atoms with E-state index in [1.165, 1.54) is 18.7 Å². The first-order chi connectivity index (χ1) is 9.90. The van der Waals surface area contributed by atoms with E-state index in [9.17, 15) is 15.2 Å². The fourth-order valence-electron chi connectivity index (χ4n) is 2.61. The molecule has 6 nitrogen and oxygen atoms in total. The number of halogens is 1. The topological polar surface area (TPSA) is 79.0 Å². The zero-order chi connectivity index (χ0) is 15.6. The molecule has 1 aromatic carbocycles. The molecule has 1 aromatic rings. The zero-order valence-electron chi connectivity index (χ0n) is 12.0. The van der Waals surface area contributed by atoms with Gasteiger partial charge in [0.1, 0.15) is 0 Å². The molecule has 1 heterocycles. The van der Waals surface area contributed by atoms with Crippen molar-refractivity contribution in [2.75, 3.05) is 0 Å². The molecule has 1 aliphatic heterocycles. The van der Waals surface area contributed by atoms with Crippen molar-refractivity contribution in [2.45, 2.75) is 45.2 Å². The van der Waals surface area contributed by atoms with Crippen LogP contribution in [-0.2, 0) is 0 Å². The fraction of sp³-hybridized carbons (Fsp3) is 0.500. The standard InChI is InChI=1S/C14H18ClN3O3/c1-9-4-3-5-10(2)17(9)16-8-11-6-12(15)7-13(14(11)19)18(20)21/h6-10,19H,3-5H2,1-2H3/b16-8+/t9-,10-/m0/s1. The molecule has 0 aromatic heterocycles. The Hall–Kier alpha value is -1.82. The van der Waals surface area contributed by atoms with Crippen LogP contribution in [0.25, 0.3) is 0 Å². The molecular formula is C14H18ClN3O3. The number of nitro benzene ring substituents is 1. The van der Waals surface area contributed by atoms with Gasteiger partial charge in [0.05, 0.1) is 11.1 Å². The van der Waals surface area contributed by atoms with Crippen molar-refractivity contribution >= 4 is 23.5 Å². The number of piperidine rings is 1. The summed E-state index contributed by atoms with van der Waals surface area (Å²) in [5.74, 6) is -0.412. The number of phenolic OH excluding ortho intramolecular Hbond substituents is 1.